The molecule has 0 heterocycles. The molecule has 0 radical (unpaired) electrons. The molecule has 0 aliphatic rings. The Bertz CT molecular complexity index is 440. The lowest BCUT2D eigenvalue weighted by atomic mass is 10.2. The molecule has 0 aliphatic carbocycles. The topological polar surface area (TPSA) is 151 Å². The quantitative estimate of drug-likeness (QED) is 0.219. The van der Waals surface area contributed by atoms with Gasteiger partial charge in [-0.25, -0.2) is 0 Å². The van der Waals surface area contributed by atoms with E-state index < -0.39 is 44.0 Å². The third-order valence-corrected chi connectivity index (χ3v) is 3.36. The number of hydrogen-bond donors (Lipinski definition) is 4. The first kappa shape index (κ1) is 19.8. The predicted octanol–water partition coefficient (Wildman–Crippen LogP) is -1.29. The SMILES string of the molecule is C=CC(=O)C(O)(O)COP(C)(=O)OCC(O)(O)C(=O)C=C. The van der Waals surface area contributed by atoms with E-state index in [1.54, 1.807) is 0 Å². The fourth-order valence-corrected chi connectivity index (χ4v) is 1.82. The molecule has 0 rings (SSSR count). The van der Waals surface area contributed by atoms with Crippen LogP contribution in [0.15, 0.2) is 25.3 Å². The van der Waals surface area contributed by atoms with Crippen LogP contribution in [0.5, 0.6) is 0 Å². The summed E-state index contributed by atoms with van der Waals surface area (Å²) in [4.78, 5) is 22.1. The molecular formula is C11H17O9P. The number of carbonyl (C=O) groups excluding carboxylic acids is 2. The van der Waals surface area contributed by atoms with Crippen LogP contribution < -0.4 is 0 Å². The van der Waals surface area contributed by atoms with Crippen LogP contribution in [0.2, 0.25) is 0 Å². The Hall–Kier alpha value is -1.19. The van der Waals surface area contributed by atoms with Gasteiger partial charge in [0.05, 0.1) is 0 Å². The molecule has 0 saturated heterocycles. The van der Waals surface area contributed by atoms with Gasteiger partial charge in [0.2, 0.25) is 11.6 Å². The van der Waals surface area contributed by atoms with Crippen molar-refractivity contribution in [1.82, 2.24) is 0 Å². The van der Waals surface area contributed by atoms with Gasteiger partial charge >= 0.3 is 7.60 Å². The Balaban J connectivity index is 4.63. The summed E-state index contributed by atoms with van der Waals surface area (Å²) in [7, 11) is -4.00. The minimum Gasteiger partial charge on any atom is -0.358 e. The standard InChI is InChI=1S/C11H17O9P/c1-4-8(12)10(14,15)6-19-21(3,18)20-7-11(16,17)9(13)5-2/h4-5,14-17H,1-2,6-7H2,3H3. The molecule has 120 valence electrons. The molecular weight excluding hydrogens is 307 g/mol. The van der Waals surface area contributed by atoms with Gasteiger partial charge < -0.3 is 29.5 Å². The number of aliphatic hydroxyl groups is 4. The molecule has 0 aromatic carbocycles. The highest BCUT2D eigenvalue weighted by Crippen LogP contribution is 2.44. The van der Waals surface area contributed by atoms with E-state index in [1.807, 2.05) is 0 Å². The fourth-order valence-electron chi connectivity index (χ4n) is 0.921. The maximum atomic E-state index is 11.8. The monoisotopic (exact) mass is 324 g/mol. The maximum Gasteiger partial charge on any atom is 0.328 e. The summed E-state index contributed by atoms with van der Waals surface area (Å²) in [6, 6.07) is 0. The van der Waals surface area contributed by atoms with Crippen molar-refractivity contribution in [2.75, 3.05) is 19.9 Å². The lowest BCUT2D eigenvalue weighted by Gasteiger charge is -2.24. The van der Waals surface area contributed by atoms with Gasteiger partial charge in [-0.15, -0.1) is 0 Å². The minimum absolute atomic E-state index is 0.625. The van der Waals surface area contributed by atoms with Gasteiger partial charge in [0, 0.05) is 6.66 Å². The van der Waals surface area contributed by atoms with Crippen molar-refractivity contribution in [1.29, 1.82) is 0 Å². The summed E-state index contributed by atoms with van der Waals surface area (Å²) in [5.74, 6) is -8.29. The molecule has 0 amide bonds. The average Bonchev–Trinajstić information content (AvgIpc) is 2.41. The molecule has 0 fully saturated rings. The summed E-state index contributed by atoms with van der Waals surface area (Å²) >= 11 is 0. The Morgan fingerprint density at radius 3 is 1.52 bits per heavy atom. The van der Waals surface area contributed by atoms with Crippen molar-refractivity contribution in [3.63, 3.8) is 0 Å². The molecule has 10 heteroatoms. The van der Waals surface area contributed by atoms with Crippen molar-refractivity contribution in [2.45, 2.75) is 11.6 Å². The minimum atomic E-state index is -4.00. The van der Waals surface area contributed by atoms with E-state index in [1.165, 1.54) is 0 Å². The van der Waals surface area contributed by atoms with Crippen LogP contribution in [0.4, 0.5) is 0 Å². The van der Waals surface area contributed by atoms with Gasteiger partial charge in [-0.1, -0.05) is 13.2 Å². The summed E-state index contributed by atoms with van der Waals surface area (Å²) in [6.07, 6.45) is 1.25. The first-order valence-corrected chi connectivity index (χ1v) is 7.47. The van der Waals surface area contributed by atoms with Crippen molar-refractivity contribution in [2.24, 2.45) is 0 Å². The van der Waals surface area contributed by atoms with Gasteiger partial charge in [-0.2, -0.15) is 0 Å². The van der Waals surface area contributed by atoms with E-state index >= 15 is 0 Å². The Morgan fingerprint density at radius 1 is 1.00 bits per heavy atom. The van der Waals surface area contributed by atoms with Crippen LogP contribution in [0.1, 0.15) is 0 Å². The van der Waals surface area contributed by atoms with E-state index in [0.717, 1.165) is 6.66 Å². The van der Waals surface area contributed by atoms with Crippen LogP contribution in [-0.2, 0) is 23.2 Å². The van der Waals surface area contributed by atoms with E-state index in [-0.39, 0.29) is 0 Å². The molecule has 0 aromatic heterocycles. The second kappa shape index (κ2) is 7.19. The second-order valence-electron chi connectivity index (χ2n) is 4.09. The second-order valence-corrected chi connectivity index (χ2v) is 6.15. The normalized spacial score (nSPS) is 12.8. The summed E-state index contributed by atoms with van der Waals surface area (Å²) in [5.41, 5.74) is 0. The predicted molar refractivity (Wildman–Crippen MR) is 70.2 cm³/mol. The van der Waals surface area contributed by atoms with E-state index in [2.05, 4.69) is 22.2 Å². The summed E-state index contributed by atoms with van der Waals surface area (Å²) in [6.45, 7) is 4.72. The highest BCUT2D eigenvalue weighted by molar-refractivity contribution is 7.52. The largest absolute Gasteiger partial charge is 0.358 e. The highest BCUT2D eigenvalue weighted by atomic mass is 31.2. The van der Waals surface area contributed by atoms with Crippen LogP contribution in [0.3, 0.4) is 0 Å². The van der Waals surface area contributed by atoms with Crippen molar-refractivity contribution < 1.29 is 43.6 Å². The maximum absolute atomic E-state index is 11.8. The molecule has 4 N–H and O–H groups in total. The number of hydrogen-bond acceptors (Lipinski definition) is 9. The van der Waals surface area contributed by atoms with Crippen LogP contribution in [0.25, 0.3) is 0 Å². The molecule has 0 spiro atoms. The van der Waals surface area contributed by atoms with Gasteiger partial charge in [0.1, 0.15) is 13.2 Å². The average molecular weight is 324 g/mol. The van der Waals surface area contributed by atoms with E-state index in [9.17, 15) is 34.6 Å². The Labute approximate surface area is 120 Å². The molecule has 0 aromatic rings. The molecule has 0 atom stereocenters. The smallest absolute Gasteiger partial charge is 0.328 e. The van der Waals surface area contributed by atoms with Crippen molar-refractivity contribution in [3.05, 3.63) is 25.3 Å². The summed E-state index contributed by atoms with van der Waals surface area (Å²) < 4.78 is 20.8. The Morgan fingerprint density at radius 2 is 1.29 bits per heavy atom. The first-order valence-electron chi connectivity index (χ1n) is 5.48. The van der Waals surface area contributed by atoms with Gasteiger partial charge in [0.25, 0.3) is 11.6 Å². The lowest BCUT2D eigenvalue weighted by Crippen LogP contribution is -2.43. The van der Waals surface area contributed by atoms with Gasteiger partial charge in [0.15, 0.2) is 0 Å². The summed E-state index contributed by atoms with van der Waals surface area (Å²) in [5, 5.41) is 37.1. The molecule has 9 nitrogen and oxygen atoms in total. The zero-order chi connectivity index (χ0) is 16.9. The lowest BCUT2D eigenvalue weighted by molar-refractivity contribution is -0.192. The van der Waals surface area contributed by atoms with E-state index in [4.69, 9.17) is 0 Å². The Kier molecular flexibility index (Phi) is 6.78. The molecule has 0 bridgehead atoms. The third kappa shape index (κ3) is 6.40. The van der Waals surface area contributed by atoms with Crippen LogP contribution in [-0.4, -0.2) is 63.4 Å². The highest BCUT2D eigenvalue weighted by Gasteiger charge is 2.37. The molecule has 0 saturated carbocycles. The zero-order valence-corrected chi connectivity index (χ0v) is 12.2. The first-order chi connectivity index (χ1) is 9.38. The van der Waals surface area contributed by atoms with Crippen molar-refractivity contribution in [3.8, 4) is 0 Å². The van der Waals surface area contributed by atoms with Crippen molar-refractivity contribution >= 4 is 19.2 Å². The number of carbonyl (C=O) groups is 2. The molecule has 21 heavy (non-hydrogen) atoms. The molecule has 0 aliphatic heterocycles. The van der Waals surface area contributed by atoms with Crippen LogP contribution in [0, 0.1) is 0 Å². The van der Waals surface area contributed by atoms with E-state index in [0.29, 0.717) is 12.2 Å². The fraction of sp³-hybridized carbons (Fsp3) is 0.455. The van der Waals surface area contributed by atoms with Gasteiger partial charge in [-0.3, -0.25) is 14.2 Å². The number of ketones is 2. The third-order valence-electron chi connectivity index (χ3n) is 2.16. The number of rotatable bonds is 10. The zero-order valence-electron chi connectivity index (χ0n) is 11.3. The van der Waals surface area contributed by atoms with Gasteiger partial charge in [-0.05, 0) is 12.2 Å². The van der Waals surface area contributed by atoms with Crippen LogP contribution >= 0.6 is 7.60 Å². The molecule has 0 unspecified atom stereocenters.